The first kappa shape index (κ1) is 6.09. The number of benzene rings is 1. The number of nitrogens with two attached hydrogens (primary N) is 1. The highest BCUT2D eigenvalue weighted by Gasteiger charge is 2.08. The molecule has 2 aromatic rings. The van der Waals surface area contributed by atoms with E-state index < -0.39 is 32.3 Å². The Morgan fingerprint density at radius 1 is 1.58 bits per heavy atom. The number of anilines is 1. The third-order valence-electron chi connectivity index (χ3n) is 2.53. The normalized spacial score (nSPS) is 22.3. The summed E-state index contributed by atoms with van der Waals surface area (Å²) in [5.41, 5.74) is 5.81. The van der Waals surface area contributed by atoms with E-state index in [1.165, 1.54) is 25.3 Å². The Bertz CT molecular complexity index is 849. The summed E-state index contributed by atoms with van der Waals surface area (Å²) in [6, 6.07) is 4.83. The fourth-order valence-electron chi connectivity index (χ4n) is 1.75. The monoisotopic (exact) mass is 268 g/mol. The van der Waals surface area contributed by atoms with Crippen LogP contribution in [0.5, 0.6) is 5.75 Å². The lowest BCUT2D eigenvalue weighted by molar-refractivity contribution is 0.415. The largest absolute Gasteiger partial charge is 0.497 e. The maximum Gasteiger partial charge on any atom is 0.121 e. The molecule has 102 valence electrons. The molecule has 1 unspecified atom stereocenters. The maximum absolute atomic E-state index is 8.11. The zero-order valence-electron chi connectivity index (χ0n) is 19.4. The molecule has 0 saturated carbocycles. The van der Waals surface area contributed by atoms with Gasteiger partial charge in [-0.2, -0.15) is 0 Å². The van der Waals surface area contributed by atoms with Gasteiger partial charge in [-0.25, -0.2) is 0 Å². The molecular weight excluding hydrogens is 238 g/mol. The van der Waals surface area contributed by atoms with Gasteiger partial charge in [-0.3, -0.25) is 4.98 Å². The van der Waals surface area contributed by atoms with E-state index in [1.807, 2.05) is 0 Å². The molecule has 0 aliphatic heterocycles. The molecule has 0 aliphatic rings. The second-order valence-corrected chi connectivity index (χ2v) is 3.93. The molecule has 2 rings (SSSR count). The van der Waals surface area contributed by atoms with E-state index in [4.69, 9.17) is 22.8 Å². The molecule has 0 fully saturated rings. The fourth-order valence-corrected chi connectivity index (χ4v) is 1.75. The molecule has 1 aromatic carbocycles. The average molecular weight is 268 g/mol. The number of hydrogen-bond acceptors (Lipinski definition) is 4. The molecule has 4 heteroatoms. The summed E-state index contributed by atoms with van der Waals surface area (Å²) in [4.78, 5) is 4.19. The van der Waals surface area contributed by atoms with E-state index in [2.05, 4.69) is 10.3 Å². The van der Waals surface area contributed by atoms with E-state index in [9.17, 15) is 0 Å². The molecule has 4 nitrogen and oxygen atoms in total. The minimum Gasteiger partial charge on any atom is -0.497 e. The Morgan fingerprint density at radius 3 is 3.26 bits per heavy atom. The van der Waals surface area contributed by atoms with Crippen LogP contribution in [0.2, 0.25) is 0 Å². The highest BCUT2D eigenvalue weighted by Crippen LogP contribution is 2.28. The zero-order chi connectivity index (χ0) is 21.5. The van der Waals surface area contributed by atoms with E-state index in [0.29, 0.717) is 10.9 Å². The summed E-state index contributed by atoms with van der Waals surface area (Å²) >= 11 is 0. The second kappa shape index (κ2) is 6.38. The van der Waals surface area contributed by atoms with Crippen LogP contribution in [0.1, 0.15) is 32.0 Å². The molecule has 0 spiro atoms. The fraction of sp³-hybridized carbons (Fsp3) is 0.400. The summed E-state index contributed by atoms with van der Waals surface area (Å²) in [7, 11) is -2.69. The molecule has 1 heterocycles. The summed E-state index contributed by atoms with van der Waals surface area (Å²) < 4.78 is 73.4. The SMILES string of the molecule is [2H]C([2H])([2H])Oc1cc(NC(C)C([2H])([2H])C([2H])([2H])C([2H])([2H])N)c2ncccc2c1. The summed E-state index contributed by atoms with van der Waals surface area (Å²) in [5, 5.41) is 3.29. The van der Waals surface area contributed by atoms with Crippen LogP contribution in [0.25, 0.3) is 10.9 Å². The summed E-state index contributed by atoms with van der Waals surface area (Å²) in [6.45, 7) is -1.60. The molecule has 0 radical (unpaired) electrons. The molecule has 0 aliphatic carbocycles. The lowest BCUT2D eigenvalue weighted by Crippen LogP contribution is -2.17. The van der Waals surface area contributed by atoms with E-state index >= 15 is 0 Å². The van der Waals surface area contributed by atoms with Crippen molar-refractivity contribution in [1.29, 1.82) is 0 Å². The highest BCUT2D eigenvalue weighted by atomic mass is 16.5. The van der Waals surface area contributed by atoms with Gasteiger partial charge in [-0.15, -0.1) is 0 Å². The van der Waals surface area contributed by atoms with Crippen LogP contribution in [-0.4, -0.2) is 24.6 Å². The molecule has 1 aromatic heterocycles. The van der Waals surface area contributed by atoms with Crippen LogP contribution in [0.3, 0.4) is 0 Å². The third-order valence-corrected chi connectivity index (χ3v) is 2.53. The number of hydrogen-bond donors (Lipinski definition) is 2. The Kier molecular flexibility index (Phi) is 2.05. The van der Waals surface area contributed by atoms with Gasteiger partial charge in [0.25, 0.3) is 0 Å². The van der Waals surface area contributed by atoms with Gasteiger partial charge in [0, 0.05) is 31.9 Å². The second-order valence-electron chi connectivity index (χ2n) is 3.93. The van der Waals surface area contributed by atoms with Crippen molar-refractivity contribution in [1.82, 2.24) is 4.98 Å². The van der Waals surface area contributed by atoms with Crippen LogP contribution in [-0.2, 0) is 0 Å². The first-order valence-electron chi connectivity index (χ1n) is 10.2. The van der Waals surface area contributed by atoms with Crippen molar-refractivity contribution in [2.45, 2.75) is 25.7 Å². The number of nitrogens with one attached hydrogen (secondary N) is 1. The summed E-state index contributed by atoms with van der Waals surface area (Å²) in [5.74, 6) is -0.00655. The standard InChI is InChI=1S/C15H21N3O/c1-11(5-3-7-16)18-14-10-13(19-2)9-12-6-4-8-17-15(12)14/h4,6,8-11,18H,3,5,7,16H2,1-2H3/i2D3,3D2,5D2,7D2. The van der Waals surface area contributed by atoms with Gasteiger partial charge < -0.3 is 15.8 Å². The van der Waals surface area contributed by atoms with Crippen molar-refractivity contribution in [3.05, 3.63) is 30.5 Å². The van der Waals surface area contributed by atoms with Gasteiger partial charge in [-0.1, -0.05) is 6.07 Å². The average Bonchev–Trinajstić information content (AvgIpc) is 2.51. The van der Waals surface area contributed by atoms with Crippen LogP contribution in [0, 0.1) is 0 Å². The van der Waals surface area contributed by atoms with Crippen molar-refractivity contribution in [3.8, 4) is 5.75 Å². The number of pyridine rings is 1. The van der Waals surface area contributed by atoms with Crippen LogP contribution in [0.4, 0.5) is 5.69 Å². The van der Waals surface area contributed by atoms with Gasteiger partial charge in [0.2, 0.25) is 0 Å². The van der Waals surface area contributed by atoms with Gasteiger partial charge in [0.05, 0.1) is 22.4 Å². The Balaban J connectivity index is 2.47. The molecular formula is C15H21N3O. The van der Waals surface area contributed by atoms with E-state index in [1.54, 1.807) is 12.1 Å². The van der Waals surface area contributed by atoms with E-state index in [-0.39, 0.29) is 11.4 Å². The quantitative estimate of drug-likeness (QED) is 0.845. The Labute approximate surface area is 126 Å². The Morgan fingerprint density at radius 2 is 2.47 bits per heavy atom. The molecule has 1 atom stereocenters. The van der Waals surface area contributed by atoms with Crippen molar-refractivity contribution < 1.29 is 17.1 Å². The zero-order valence-corrected chi connectivity index (χ0v) is 10.4. The van der Waals surface area contributed by atoms with E-state index in [0.717, 1.165) is 0 Å². The molecule has 19 heavy (non-hydrogen) atoms. The first-order chi connectivity index (χ1) is 12.6. The minimum atomic E-state index is -3.03. The number of ether oxygens (including phenoxy) is 1. The number of methoxy groups -OCH3 is 1. The lowest BCUT2D eigenvalue weighted by atomic mass is 10.1. The predicted octanol–water partition coefficient (Wildman–Crippen LogP) is 2.78. The minimum absolute atomic E-state index is 0.00655. The Hall–Kier alpha value is -1.81. The number of aromatic nitrogens is 1. The first-order valence-corrected chi connectivity index (χ1v) is 5.69. The maximum atomic E-state index is 8.11. The smallest absolute Gasteiger partial charge is 0.121 e. The number of nitrogens with zero attached hydrogens (tertiary/aromatic N) is 1. The molecule has 3 N–H and O–H groups in total. The topological polar surface area (TPSA) is 60.2 Å². The lowest BCUT2D eigenvalue weighted by Gasteiger charge is -2.17. The van der Waals surface area contributed by atoms with Crippen molar-refractivity contribution >= 4 is 16.6 Å². The molecule has 0 bridgehead atoms. The van der Waals surface area contributed by atoms with Crippen molar-refractivity contribution in [2.24, 2.45) is 5.73 Å². The van der Waals surface area contributed by atoms with Gasteiger partial charge in [-0.05, 0) is 38.3 Å². The van der Waals surface area contributed by atoms with Crippen molar-refractivity contribution in [3.63, 3.8) is 0 Å². The molecule has 0 saturated heterocycles. The third kappa shape index (κ3) is 3.35. The highest BCUT2D eigenvalue weighted by molar-refractivity contribution is 5.91. The van der Waals surface area contributed by atoms with Gasteiger partial charge in [0.15, 0.2) is 0 Å². The van der Waals surface area contributed by atoms with Crippen LogP contribution in [0.15, 0.2) is 30.5 Å². The predicted molar refractivity (Wildman–Crippen MR) is 79.7 cm³/mol. The van der Waals surface area contributed by atoms with Crippen molar-refractivity contribution in [2.75, 3.05) is 18.9 Å². The number of fused-ring (bicyclic) bond motifs is 1. The van der Waals surface area contributed by atoms with Gasteiger partial charge in [0.1, 0.15) is 5.75 Å². The molecule has 0 amide bonds. The number of rotatable bonds is 6. The van der Waals surface area contributed by atoms with Gasteiger partial charge >= 0.3 is 0 Å². The van der Waals surface area contributed by atoms with Crippen LogP contribution >= 0.6 is 0 Å². The summed E-state index contributed by atoms with van der Waals surface area (Å²) in [6.07, 6.45) is -4.26. The van der Waals surface area contributed by atoms with Crippen LogP contribution < -0.4 is 15.8 Å².